The van der Waals surface area contributed by atoms with Crippen molar-refractivity contribution in [3.63, 3.8) is 0 Å². The van der Waals surface area contributed by atoms with Crippen LogP contribution >= 0.6 is 11.6 Å². The lowest BCUT2D eigenvalue weighted by Gasteiger charge is -2.11. The normalized spacial score (nSPS) is 12.1. The van der Waals surface area contributed by atoms with Gasteiger partial charge in [0.25, 0.3) is 0 Å². The van der Waals surface area contributed by atoms with Crippen molar-refractivity contribution in [2.45, 2.75) is 26.4 Å². The Morgan fingerprint density at radius 1 is 1.41 bits per heavy atom. The van der Waals surface area contributed by atoms with Crippen LogP contribution in [0.15, 0.2) is 18.2 Å². The van der Waals surface area contributed by atoms with Crippen molar-refractivity contribution in [2.75, 3.05) is 17.2 Å². The van der Waals surface area contributed by atoms with E-state index in [0.29, 0.717) is 41.7 Å². The number of fused-ring (bicyclic) bond motifs is 1. The third-order valence-electron chi connectivity index (χ3n) is 3.71. The fourth-order valence-corrected chi connectivity index (χ4v) is 2.65. The SMILES string of the molecule is CCn1nnc2c(Nc3ccc(C(=O)O)c(Cl)c3)nc(NCC(C)N)nc21. The van der Waals surface area contributed by atoms with E-state index in [1.165, 1.54) is 12.1 Å². The van der Waals surface area contributed by atoms with Gasteiger partial charge in [0.2, 0.25) is 5.95 Å². The number of carboxylic acids is 1. The fourth-order valence-electron chi connectivity index (χ4n) is 2.39. The highest BCUT2D eigenvalue weighted by molar-refractivity contribution is 6.33. The van der Waals surface area contributed by atoms with E-state index < -0.39 is 5.97 Å². The molecule has 0 fully saturated rings. The van der Waals surface area contributed by atoms with Crippen LogP contribution < -0.4 is 16.4 Å². The minimum Gasteiger partial charge on any atom is -0.478 e. The molecule has 5 N–H and O–H groups in total. The van der Waals surface area contributed by atoms with Crippen molar-refractivity contribution in [1.82, 2.24) is 25.0 Å². The summed E-state index contributed by atoms with van der Waals surface area (Å²) >= 11 is 6.04. The first-order valence-corrected chi connectivity index (χ1v) is 8.67. The summed E-state index contributed by atoms with van der Waals surface area (Å²) in [5.41, 5.74) is 7.42. The van der Waals surface area contributed by atoms with Gasteiger partial charge in [-0.05, 0) is 32.0 Å². The lowest BCUT2D eigenvalue weighted by molar-refractivity contribution is 0.0697. The van der Waals surface area contributed by atoms with Crippen molar-refractivity contribution < 1.29 is 9.90 Å². The maximum absolute atomic E-state index is 11.1. The molecular weight excluding hydrogens is 372 g/mol. The quantitative estimate of drug-likeness (QED) is 0.476. The number of aromatic nitrogens is 5. The Morgan fingerprint density at radius 2 is 2.19 bits per heavy atom. The van der Waals surface area contributed by atoms with E-state index in [4.69, 9.17) is 22.4 Å². The van der Waals surface area contributed by atoms with Crippen LogP contribution in [0, 0.1) is 0 Å². The zero-order valence-electron chi connectivity index (χ0n) is 14.8. The van der Waals surface area contributed by atoms with Crippen molar-refractivity contribution >= 4 is 46.2 Å². The van der Waals surface area contributed by atoms with Crippen LogP contribution in [-0.4, -0.2) is 48.6 Å². The molecule has 3 rings (SSSR count). The highest BCUT2D eigenvalue weighted by atomic mass is 35.5. The Hall–Kier alpha value is -2.98. The van der Waals surface area contributed by atoms with Gasteiger partial charge in [-0.3, -0.25) is 0 Å². The molecule has 3 aromatic rings. The van der Waals surface area contributed by atoms with Gasteiger partial charge in [0.1, 0.15) is 0 Å². The number of aryl methyl sites for hydroxylation is 1. The second-order valence-electron chi connectivity index (χ2n) is 5.96. The van der Waals surface area contributed by atoms with Crippen molar-refractivity contribution in [1.29, 1.82) is 0 Å². The summed E-state index contributed by atoms with van der Waals surface area (Å²) in [6, 6.07) is 4.46. The molecule has 0 aliphatic heterocycles. The third-order valence-corrected chi connectivity index (χ3v) is 4.02. The van der Waals surface area contributed by atoms with E-state index in [2.05, 4.69) is 30.9 Å². The lowest BCUT2D eigenvalue weighted by atomic mass is 10.2. The second-order valence-corrected chi connectivity index (χ2v) is 6.36. The first kappa shape index (κ1) is 18.8. The van der Waals surface area contributed by atoms with Gasteiger partial charge in [-0.1, -0.05) is 16.8 Å². The van der Waals surface area contributed by atoms with Gasteiger partial charge in [-0.15, -0.1) is 5.10 Å². The number of carbonyl (C=O) groups is 1. The number of nitrogens with two attached hydrogens (primary N) is 1. The third kappa shape index (κ3) is 4.07. The Kier molecular flexibility index (Phi) is 5.38. The molecule has 0 spiro atoms. The zero-order chi connectivity index (χ0) is 19.6. The molecule has 10 nitrogen and oxygen atoms in total. The molecule has 27 heavy (non-hydrogen) atoms. The highest BCUT2D eigenvalue weighted by Crippen LogP contribution is 2.27. The molecule has 142 valence electrons. The predicted molar refractivity (Wildman–Crippen MR) is 103 cm³/mol. The summed E-state index contributed by atoms with van der Waals surface area (Å²) in [6.45, 7) is 4.90. The maximum atomic E-state index is 11.1. The summed E-state index contributed by atoms with van der Waals surface area (Å²) in [7, 11) is 0. The van der Waals surface area contributed by atoms with E-state index in [-0.39, 0.29) is 16.6 Å². The van der Waals surface area contributed by atoms with E-state index in [1.54, 1.807) is 10.7 Å². The number of nitrogens with one attached hydrogen (secondary N) is 2. The fraction of sp³-hybridized carbons (Fsp3) is 0.312. The minimum atomic E-state index is -1.09. The minimum absolute atomic E-state index is 0.0197. The second kappa shape index (κ2) is 7.72. The topological polar surface area (TPSA) is 144 Å². The van der Waals surface area contributed by atoms with Crippen LogP contribution in [0.3, 0.4) is 0 Å². The highest BCUT2D eigenvalue weighted by Gasteiger charge is 2.16. The summed E-state index contributed by atoms with van der Waals surface area (Å²) in [5, 5.41) is 23.6. The summed E-state index contributed by atoms with van der Waals surface area (Å²) in [4.78, 5) is 20.0. The Morgan fingerprint density at radius 3 is 2.81 bits per heavy atom. The molecular formula is C16H19ClN8O2. The monoisotopic (exact) mass is 390 g/mol. The van der Waals surface area contributed by atoms with Crippen LogP contribution in [0.4, 0.5) is 17.5 Å². The molecule has 0 bridgehead atoms. The summed E-state index contributed by atoms with van der Waals surface area (Å²) in [6.07, 6.45) is 0. The Labute approximate surface area is 159 Å². The van der Waals surface area contributed by atoms with Crippen LogP contribution in [0.2, 0.25) is 5.02 Å². The standard InChI is InChI=1S/C16H19ClN8O2/c1-3-25-14-12(23-24-25)13(21-16(22-14)19-7-8(2)18)20-9-4-5-10(15(26)27)11(17)6-9/h4-6,8H,3,7,18H2,1-2H3,(H,26,27)(H2,19,20,21,22). The van der Waals surface area contributed by atoms with Gasteiger partial charge in [0, 0.05) is 24.8 Å². The summed E-state index contributed by atoms with van der Waals surface area (Å²) in [5.74, 6) is -0.289. The van der Waals surface area contributed by atoms with Gasteiger partial charge in [0.15, 0.2) is 17.0 Å². The molecule has 0 saturated heterocycles. The molecule has 0 aliphatic carbocycles. The Balaban J connectivity index is 2.00. The van der Waals surface area contributed by atoms with Gasteiger partial charge >= 0.3 is 5.97 Å². The number of benzene rings is 1. The van der Waals surface area contributed by atoms with Gasteiger partial charge in [-0.25, -0.2) is 9.48 Å². The molecule has 2 heterocycles. The van der Waals surface area contributed by atoms with Crippen LogP contribution in [0.25, 0.3) is 11.2 Å². The molecule has 11 heteroatoms. The molecule has 1 unspecified atom stereocenters. The number of nitrogens with zero attached hydrogens (tertiary/aromatic N) is 5. The number of anilines is 3. The van der Waals surface area contributed by atoms with Gasteiger partial charge in [-0.2, -0.15) is 9.97 Å². The maximum Gasteiger partial charge on any atom is 0.337 e. The van der Waals surface area contributed by atoms with Crippen molar-refractivity contribution in [3.8, 4) is 0 Å². The number of carboxylic acid groups (broad SMARTS) is 1. The largest absolute Gasteiger partial charge is 0.478 e. The lowest BCUT2D eigenvalue weighted by Crippen LogP contribution is -2.26. The average Bonchev–Trinajstić information content (AvgIpc) is 3.03. The molecule has 0 saturated carbocycles. The van der Waals surface area contributed by atoms with E-state index >= 15 is 0 Å². The molecule has 0 aliphatic rings. The molecule has 0 radical (unpaired) electrons. The molecule has 2 aromatic heterocycles. The first-order valence-electron chi connectivity index (χ1n) is 8.29. The van der Waals surface area contributed by atoms with E-state index in [1.807, 2.05) is 13.8 Å². The van der Waals surface area contributed by atoms with Gasteiger partial charge in [0.05, 0.1) is 10.6 Å². The first-order chi connectivity index (χ1) is 12.9. The smallest absolute Gasteiger partial charge is 0.337 e. The van der Waals surface area contributed by atoms with Crippen LogP contribution in [0.5, 0.6) is 0 Å². The molecule has 0 amide bonds. The molecule has 1 aromatic carbocycles. The van der Waals surface area contributed by atoms with E-state index in [9.17, 15) is 4.79 Å². The van der Waals surface area contributed by atoms with Crippen LogP contribution in [-0.2, 0) is 6.54 Å². The van der Waals surface area contributed by atoms with Crippen molar-refractivity contribution in [3.05, 3.63) is 28.8 Å². The zero-order valence-corrected chi connectivity index (χ0v) is 15.5. The number of halogens is 1. The molecule has 1 atom stereocenters. The predicted octanol–water partition coefficient (Wildman–Crippen LogP) is 2.10. The summed E-state index contributed by atoms with van der Waals surface area (Å²) < 4.78 is 1.65. The number of hydrogen-bond acceptors (Lipinski definition) is 8. The number of aromatic carboxylic acids is 1. The number of rotatable bonds is 7. The van der Waals surface area contributed by atoms with Crippen LogP contribution in [0.1, 0.15) is 24.2 Å². The van der Waals surface area contributed by atoms with Crippen molar-refractivity contribution in [2.24, 2.45) is 5.73 Å². The number of hydrogen-bond donors (Lipinski definition) is 4. The average molecular weight is 391 g/mol. The van der Waals surface area contributed by atoms with Gasteiger partial charge < -0.3 is 21.5 Å². The van der Waals surface area contributed by atoms with E-state index in [0.717, 1.165) is 0 Å². The Bertz CT molecular complexity index is 988.